The summed E-state index contributed by atoms with van der Waals surface area (Å²) in [7, 11) is 4.10. The van der Waals surface area contributed by atoms with Crippen molar-refractivity contribution in [2.75, 3.05) is 24.3 Å². The van der Waals surface area contributed by atoms with Crippen molar-refractivity contribution < 1.29 is 0 Å². The average molecular weight is 241 g/mol. The fourth-order valence-corrected chi connectivity index (χ4v) is 1.90. The first-order chi connectivity index (χ1) is 8.68. The van der Waals surface area contributed by atoms with Gasteiger partial charge in [-0.2, -0.15) is 0 Å². The number of rotatable bonds is 4. The van der Waals surface area contributed by atoms with Crippen LogP contribution >= 0.6 is 0 Å². The lowest BCUT2D eigenvalue weighted by atomic mass is 10.2. The number of benzene rings is 1. The lowest BCUT2D eigenvalue weighted by Crippen LogP contribution is -2.12. The van der Waals surface area contributed by atoms with E-state index < -0.39 is 0 Å². The number of anilines is 2. The fourth-order valence-electron chi connectivity index (χ4n) is 1.90. The van der Waals surface area contributed by atoms with Crippen molar-refractivity contribution in [3.63, 3.8) is 0 Å². The highest BCUT2D eigenvalue weighted by Crippen LogP contribution is 2.23. The smallest absolute Gasteiger partial charge is 0.0623 e. The van der Waals surface area contributed by atoms with Crippen molar-refractivity contribution in [1.82, 2.24) is 4.98 Å². The lowest BCUT2D eigenvalue weighted by molar-refractivity contribution is 1.01. The summed E-state index contributed by atoms with van der Waals surface area (Å²) in [5, 5.41) is 3.45. The van der Waals surface area contributed by atoms with E-state index in [1.807, 2.05) is 38.5 Å². The maximum absolute atomic E-state index is 4.39. The highest BCUT2D eigenvalue weighted by atomic mass is 15.1. The van der Waals surface area contributed by atoms with Crippen molar-refractivity contribution >= 4 is 11.4 Å². The molecular formula is C15H19N3. The van der Waals surface area contributed by atoms with Gasteiger partial charge in [0.05, 0.1) is 23.6 Å². The van der Waals surface area contributed by atoms with E-state index in [4.69, 9.17) is 0 Å². The Balaban J connectivity index is 2.14. The van der Waals surface area contributed by atoms with Crippen LogP contribution in [0, 0.1) is 6.92 Å². The minimum atomic E-state index is 0.748. The molecule has 0 aliphatic rings. The number of hydrogen-bond donors (Lipinski definition) is 1. The summed E-state index contributed by atoms with van der Waals surface area (Å²) >= 11 is 0. The van der Waals surface area contributed by atoms with Gasteiger partial charge in [0.15, 0.2) is 0 Å². The topological polar surface area (TPSA) is 28.2 Å². The van der Waals surface area contributed by atoms with E-state index in [-0.39, 0.29) is 0 Å². The molecule has 0 unspecified atom stereocenters. The number of pyridine rings is 1. The minimum absolute atomic E-state index is 0.748. The van der Waals surface area contributed by atoms with E-state index in [1.165, 1.54) is 11.3 Å². The van der Waals surface area contributed by atoms with Gasteiger partial charge in [-0.15, -0.1) is 0 Å². The zero-order valence-corrected chi connectivity index (χ0v) is 11.1. The third-order valence-electron chi connectivity index (χ3n) is 2.95. The van der Waals surface area contributed by atoms with Crippen LogP contribution in [0.25, 0.3) is 0 Å². The molecule has 0 radical (unpaired) electrons. The molecule has 3 nitrogen and oxygen atoms in total. The van der Waals surface area contributed by atoms with E-state index in [1.54, 1.807) is 0 Å². The van der Waals surface area contributed by atoms with Gasteiger partial charge in [0.2, 0.25) is 0 Å². The summed E-state index contributed by atoms with van der Waals surface area (Å²) < 4.78 is 0. The molecule has 94 valence electrons. The second-order valence-electron chi connectivity index (χ2n) is 4.53. The van der Waals surface area contributed by atoms with Crippen LogP contribution in [-0.2, 0) is 6.54 Å². The molecule has 0 saturated carbocycles. The zero-order valence-electron chi connectivity index (χ0n) is 11.1. The molecule has 18 heavy (non-hydrogen) atoms. The Morgan fingerprint density at radius 1 is 1.11 bits per heavy atom. The Kier molecular flexibility index (Phi) is 3.82. The van der Waals surface area contributed by atoms with Gasteiger partial charge < -0.3 is 10.2 Å². The Labute approximate surface area is 108 Å². The van der Waals surface area contributed by atoms with Gasteiger partial charge >= 0.3 is 0 Å². The SMILES string of the molecule is Cc1cccnc1CNc1ccccc1N(C)C. The molecule has 0 aliphatic heterocycles. The van der Waals surface area contributed by atoms with Gasteiger partial charge in [0, 0.05) is 20.3 Å². The van der Waals surface area contributed by atoms with Crippen molar-refractivity contribution in [2.45, 2.75) is 13.5 Å². The predicted octanol–water partition coefficient (Wildman–Crippen LogP) is 3.07. The molecule has 0 aliphatic carbocycles. The maximum Gasteiger partial charge on any atom is 0.0623 e. The Morgan fingerprint density at radius 2 is 1.89 bits per heavy atom. The first kappa shape index (κ1) is 12.4. The van der Waals surface area contributed by atoms with Gasteiger partial charge in [-0.1, -0.05) is 18.2 Å². The number of nitrogens with zero attached hydrogens (tertiary/aromatic N) is 2. The molecule has 2 aromatic rings. The molecule has 0 saturated heterocycles. The van der Waals surface area contributed by atoms with Crippen molar-refractivity contribution in [2.24, 2.45) is 0 Å². The van der Waals surface area contributed by atoms with Crippen LogP contribution in [0.15, 0.2) is 42.6 Å². The first-order valence-electron chi connectivity index (χ1n) is 6.09. The molecule has 0 fully saturated rings. The van der Waals surface area contributed by atoms with Crippen LogP contribution in [-0.4, -0.2) is 19.1 Å². The summed E-state index contributed by atoms with van der Waals surface area (Å²) in [4.78, 5) is 6.50. The Morgan fingerprint density at radius 3 is 2.61 bits per heavy atom. The quantitative estimate of drug-likeness (QED) is 0.891. The summed E-state index contributed by atoms with van der Waals surface area (Å²) in [6.45, 7) is 2.83. The molecule has 1 N–H and O–H groups in total. The number of aromatic nitrogens is 1. The minimum Gasteiger partial charge on any atom is -0.378 e. The summed E-state index contributed by atoms with van der Waals surface area (Å²) in [6, 6.07) is 12.3. The summed E-state index contributed by atoms with van der Waals surface area (Å²) in [6.07, 6.45) is 1.84. The van der Waals surface area contributed by atoms with Crippen LogP contribution < -0.4 is 10.2 Å². The van der Waals surface area contributed by atoms with Gasteiger partial charge in [-0.25, -0.2) is 0 Å². The molecule has 3 heteroatoms. The van der Waals surface area contributed by atoms with E-state index in [2.05, 4.69) is 40.3 Å². The van der Waals surface area contributed by atoms with Gasteiger partial charge in [0.25, 0.3) is 0 Å². The number of nitrogens with one attached hydrogen (secondary N) is 1. The van der Waals surface area contributed by atoms with E-state index >= 15 is 0 Å². The average Bonchev–Trinajstić information content (AvgIpc) is 2.38. The second-order valence-corrected chi connectivity index (χ2v) is 4.53. The van der Waals surface area contributed by atoms with Crippen LogP contribution in [0.4, 0.5) is 11.4 Å². The summed E-state index contributed by atoms with van der Waals surface area (Å²) in [5.74, 6) is 0. The van der Waals surface area contributed by atoms with Gasteiger partial charge in [-0.3, -0.25) is 4.98 Å². The molecule has 0 atom stereocenters. The van der Waals surface area contributed by atoms with Crippen LogP contribution in [0.3, 0.4) is 0 Å². The van der Waals surface area contributed by atoms with Gasteiger partial charge in [-0.05, 0) is 30.7 Å². The van der Waals surface area contributed by atoms with E-state index in [0.29, 0.717) is 0 Å². The van der Waals surface area contributed by atoms with Crippen molar-refractivity contribution in [3.8, 4) is 0 Å². The first-order valence-corrected chi connectivity index (χ1v) is 6.09. The number of para-hydroxylation sites is 2. The lowest BCUT2D eigenvalue weighted by Gasteiger charge is -2.18. The molecule has 1 aromatic carbocycles. The largest absolute Gasteiger partial charge is 0.378 e. The maximum atomic E-state index is 4.39. The van der Waals surface area contributed by atoms with Crippen LogP contribution in [0.1, 0.15) is 11.3 Å². The zero-order chi connectivity index (χ0) is 13.0. The molecular weight excluding hydrogens is 222 g/mol. The van der Waals surface area contributed by atoms with E-state index in [9.17, 15) is 0 Å². The Bertz CT molecular complexity index is 521. The third-order valence-corrected chi connectivity index (χ3v) is 2.95. The molecule has 2 rings (SSSR count). The van der Waals surface area contributed by atoms with E-state index in [0.717, 1.165) is 17.9 Å². The standard InChI is InChI=1S/C15H19N3/c1-12-7-6-10-16-14(12)11-17-13-8-4-5-9-15(13)18(2)3/h4-10,17H,11H2,1-3H3. The van der Waals surface area contributed by atoms with Gasteiger partial charge in [0.1, 0.15) is 0 Å². The van der Waals surface area contributed by atoms with Crippen LogP contribution in [0.5, 0.6) is 0 Å². The summed E-state index contributed by atoms with van der Waals surface area (Å²) in [5.41, 5.74) is 4.62. The number of aryl methyl sites for hydroxylation is 1. The third kappa shape index (κ3) is 2.80. The molecule has 1 heterocycles. The van der Waals surface area contributed by atoms with Crippen molar-refractivity contribution in [3.05, 3.63) is 53.9 Å². The Hall–Kier alpha value is -2.03. The van der Waals surface area contributed by atoms with Crippen LogP contribution in [0.2, 0.25) is 0 Å². The highest BCUT2D eigenvalue weighted by Gasteiger charge is 2.04. The second kappa shape index (κ2) is 5.54. The normalized spacial score (nSPS) is 10.2. The predicted molar refractivity (Wildman–Crippen MR) is 77.1 cm³/mol. The molecule has 0 spiro atoms. The molecule has 0 bridgehead atoms. The number of hydrogen-bond acceptors (Lipinski definition) is 3. The highest BCUT2D eigenvalue weighted by molar-refractivity contribution is 5.69. The fraction of sp³-hybridized carbons (Fsp3) is 0.267. The molecule has 1 aromatic heterocycles. The monoisotopic (exact) mass is 241 g/mol. The molecule has 0 amide bonds. The van der Waals surface area contributed by atoms with Crippen molar-refractivity contribution in [1.29, 1.82) is 0 Å².